The first-order valence-electron chi connectivity index (χ1n) is 9.06. The predicted molar refractivity (Wildman–Crippen MR) is 98.3 cm³/mol. The lowest BCUT2D eigenvalue weighted by Crippen LogP contribution is -2.44. The number of fused-ring (bicyclic) bond motifs is 2. The maximum atomic E-state index is 4.74. The van der Waals surface area contributed by atoms with Crippen LogP contribution >= 0.6 is 0 Å². The standard InChI is InChI=1S/C21H25N3/c1-16(17-7-3-2-4-8-17)24-20-11-10-18(13-20)21(24)15-22-14-19-9-5-6-12-23-19/h2-9,12,14,16,18,20-21H,10-11,13,15H2,1H3/t16-,18+,20-,21-/m0/s1. The lowest BCUT2D eigenvalue weighted by Gasteiger charge is -2.39. The molecule has 4 atom stereocenters. The van der Waals surface area contributed by atoms with Gasteiger partial charge in [0.25, 0.3) is 0 Å². The summed E-state index contributed by atoms with van der Waals surface area (Å²) in [5.74, 6) is 0.807. The molecule has 2 aromatic rings. The number of benzene rings is 1. The molecule has 3 nitrogen and oxygen atoms in total. The number of aromatic nitrogens is 1. The fourth-order valence-electron chi connectivity index (χ4n) is 4.58. The lowest BCUT2D eigenvalue weighted by molar-refractivity contribution is 0.0987. The van der Waals surface area contributed by atoms with E-state index in [-0.39, 0.29) is 0 Å². The Morgan fingerprint density at radius 3 is 2.79 bits per heavy atom. The number of rotatable bonds is 5. The zero-order valence-corrected chi connectivity index (χ0v) is 14.3. The van der Waals surface area contributed by atoms with Crippen molar-refractivity contribution in [3.63, 3.8) is 0 Å². The Kier molecular flexibility index (Phi) is 4.44. The molecule has 2 aliphatic rings. The summed E-state index contributed by atoms with van der Waals surface area (Å²) in [6, 6.07) is 18.6. The van der Waals surface area contributed by atoms with Crippen LogP contribution in [0.2, 0.25) is 0 Å². The van der Waals surface area contributed by atoms with Gasteiger partial charge in [-0.3, -0.25) is 14.9 Å². The molecule has 1 aromatic carbocycles. The second kappa shape index (κ2) is 6.86. The highest BCUT2D eigenvalue weighted by Crippen LogP contribution is 2.46. The van der Waals surface area contributed by atoms with Crippen LogP contribution in [0, 0.1) is 5.92 Å². The second-order valence-electron chi connectivity index (χ2n) is 7.08. The van der Waals surface area contributed by atoms with Crippen molar-refractivity contribution in [3.05, 3.63) is 66.0 Å². The Morgan fingerprint density at radius 2 is 2.00 bits per heavy atom. The largest absolute Gasteiger partial charge is 0.289 e. The van der Waals surface area contributed by atoms with E-state index < -0.39 is 0 Å². The van der Waals surface area contributed by atoms with Crippen molar-refractivity contribution in [2.45, 2.75) is 44.3 Å². The highest BCUT2D eigenvalue weighted by Gasteiger charge is 2.47. The van der Waals surface area contributed by atoms with E-state index in [1.165, 1.54) is 24.8 Å². The van der Waals surface area contributed by atoms with E-state index in [0.717, 1.165) is 24.2 Å². The summed E-state index contributed by atoms with van der Waals surface area (Å²) in [5.41, 5.74) is 2.37. The molecule has 2 bridgehead atoms. The monoisotopic (exact) mass is 319 g/mol. The zero-order chi connectivity index (χ0) is 16.4. The van der Waals surface area contributed by atoms with Gasteiger partial charge in [-0.15, -0.1) is 0 Å². The van der Waals surface area contributed by atoms with Crippen LogP contribution in [0.4, 0.5) is 0 Å². The highest BCUT2D eigenvalue weighted by molar-refractivity contribution is 5.76. The van der Waals surface area contributed by atoms with Crippen LogP contribution in [0.25, 0.3) is 0 Å². The number of pyridine rings is 1. The first kappa shape index (κ1) is 15.5. The van der Waals surface area contributed by atoms with Crippen LogP contribution in [-0.4, -0.2) is 34.7 Å². The highest BCUT2D eigenvalue weighted by atomic mass is 15.3. The average molecular weight is 319 g/mol. The summed E-state index contributed by atoms with van der Waals surface area (Å²) in [4.78, 5) is 11.8. The van der Waals surface area contributed by atoms with Gasteiger partial charge in [0.15, 0.2) is 0 Å². The number of nitrogens with zero attached hydrogens (tertiary/aromatic N) is 3. The first-order chi connectivity index (χ1) is 11.8. The van der Waals surface area contributed by atoms with E-state index in [2.05, 4.69) is 47.1 Å². The Bertz CT molecular complexity index is 683. The fourth-order valence-corrected chi connectivity index (χ4v) is 4.58. The molecule has 1 aliphatic heterocycles. The molecule has 0 amide bonds. The average Bonchev–Trinajstić information content (AvgIpc) is 3.24. The van der Waals surface area contributed by atoms with Gasteiger partial charge >= 0.3 is 0 Å². The minimum Gasteiger partial charge on any atom is -0.289 e. The normalized spacial score (nSPS) is 27.8. The van der Waals surface area contributed by atoms with Crippen LogP contribution in [0.15, 0.2) is 59.7 Å². The number of hydrogen-bond acceptors (Lipinski definition) is 3. The minimum atomic E-state index is 0.469. The van der Waals surface area contributed by atoms with Gasteiger partial charge < -0.3 is 0 Å². The summed E-state index contributed by atoms with van der Waals surface area (Å²) in [6.07, 6.45) is 7.82. The van der Waals surface area contributed by atoms with Gasteiger partial charge in [-0.1, -0.05) is 36.4 Å². The fraction of sp³-hybridized carbons (Fsp3) is 0.429. The molecule has 1 aromatic heterocycles. The molecule has 0 unspecified atom stereocenters. The van der Waals surface area contributed by atoms with Crippen LogP contribution < -0.4 is 0 Å². The SMILES string of the molecule is C[C@@H](c1ccccc1)N1[C@H]2CC[C@H](C2)[C@@H]1CN=Cc1ccccn1. The van der Waals surface area contributed by atoms with Gasteiger partial charge in [-0.25, -0.2) is 0 Å². The number of likely N-dealkylation sites (tertiary alicyclic amines) is 1. The molecule has 0 radical (unpaired) electrons. The van der Waals surface area contributed by atoms with E-state index >= 15 is 0 Å². The van der Waals surface area contributed by atoms with Crippen molar-refractivity contribution in [2.24, 2.45) is 10.9 Å². The molecule has 3 heteroatoms. The molecular formula is C21H25N3. The van der Waals surface area contributed by atoms with Crippen molar-refractivity contribution in [1.82, 2.24) is 9.88 Å². The van der Waals surface area contributed by atoms with Gasteiger partial charge in [0.2, 0.25) is 0 Å². The molecule has 4 rings (SSSR count). The molecule has 124 valence electrons. The van der Waals surface area contributed by atoms with Gasteiger partial charge in [-0.05, 0) is 49.8 Å². The molecule has 0 N–H and O–H groups in total. The smallest absolute Gasteiger partial charge is 0.0807 e. The van der Waals surface area contributed by atoms with Crippen LogP contribution in [-0.2, 0) is 0 Å². The summed E-state index contributed by atoms with van der Waals surface area (Å²) in [7, 11) is 0. The summed E-state index contributed by atoms with van der Waals surface area (Å²) in [6.45, 7) is 3.24. The maximum Gasteiger partial charge on any atom is 0.0807 e. The molecule has 1 saturated carbocycles. The Balaban J connectivity index is 1.49. The summed E-state index contributed by atoms with van der Waals surface area (Å²) < 4.78 is 0. The summed E-state index contributed by atoms with van der Waals surface area (Å²) in [5, 5.41) is 0. The number of aliphatic imine (C=N–C) groups is 1. The van der Waals surface area contributed by atoms with E-state index in [9.17, 15) is 0 Å². The van der Waals surface area contributed by atoms with Crippen LogP contribution in [0.5, 0.6) is 0 Å². The number of piperidine rings is 1. The Morgan fingerprint density at radius 1 is 1.17 bits per heavy atom. The molecule has 24 heavy (non-hydrogen) atoms. The topological polar surface area (TPSA) is 28.5 Å². The van der Waals surface area contributed by atoms with Crippen molar-refractivity contribution in [3.8, 4) is 0 Å². The van der Waals surface area contributed by atoms with Crippen molar-refractivity contribution in [2.75, 3.05) is 6.54 Å². The van der Waals surface area contributed by atoms with Gasteiger partial charge in [-0.2, -0.15) is 0 Å². The van der Waals surface area contributed by atoms with Crippen LogP contribution in [0.1, 0.15) is 43.5 Å². The van der Waals surface area contributed by atoms with Gasteiger partial charge in [0.1, 0.15) is 0 Å². The molecule has 0 spiro atoms. The van der Waals surface area contributed by atoms with E-state index in [4.69, 9.17) is 4.99 Å². The lowest BCUT2D eigenvalue weighted by atomic mass is 9.95. The van der Waals surface area contributed by atoms with Crippen LogP contribution in [0.3, 0.4) is 0 Å². The van der Waals surface area contributed by atoms with E-state index in [0.29, 0.717) is 12.1 Å². The Hall–Kier alpha value is -2.00. The molecule has 1 saturated heterocycles. The van der Waals surface area contributed by atoms with Crippen molar-refractivity contribution in [1.29, 1.82) is 0 Å². The van der Waals surface area contributed by atoms with E-state index in [1.807, 2.05) is 30.6 Å². The quantitative estimate of drug-likeness (QED) is 0.776. The third kappa shape index (κ3) is 3.01. The third-order valence-electron chi connectivity index (χ3n) is 5.73. The second-order valence-corrected chi connectivity index (χ2v) is 7.08. The predicted octanol–water partition coefficient (Wildman–Crippen LogP) is 4.11. The molecule has 2 heterocycles. The van der Waals surface area contributed by atoms with Gasteiger partial charge in [0, 0.05) is 30.5 Å². The van der Waals surface area contributed by atoms with Gasteiger partial charge in [0.05, 0.1) is 12.2 Å². The first-order valence-corrected chi connectivity index (χ1v) is 9.06. The molecular weight excluding hydrogens is 294 g/mol. The molecule has 2 fully saturated rings. The molecule has 1 aliphatic carbocycles. The Labute approximate surface area is 144 Å². The van der Waals surface area contributed by atoms with Crippen molar-refractivity contribution < 1.29 is 0 Å². The van der Waals surface area contributed by atoms with Crippen molar-refractivity contribution >= 4 is 6.21 Å². The zero-order valence-electron chi connectivity index (χ0n) is 14.3. The number of hydrogen-bond donors (Lipinski definition) is 0. The van der Waals surface area contributed by atoms with E-state index in [1.54, 1.807) is 0 Å². The third-order valence-corrected chi connectivity index (χ3v) is 5.73. The minimum absolute atomic E-state index is 0.469. The maximum absolute atomic E-state index is 4.74. The summed E-state index contributed by atoms with van der Waals surface area (Å²) >= 11 is 0.